The molecule has 0 saturated carbocycles. The first-order valence-electron chi connectivity index (χ1n) is 3.72. The second kappa shape index (κ2) is 4.06. The van der Waals surface area contributed by atoms with Gasteiger partial charge in [-0.05, 0) is 19.1 Å². The van der Waals surface area contributed by atoms with Crippen molar-refractivity contribution in [2.45, 2.75) is 13.0 Å². The van der Waals surface area contributed by atoms with Gasteiger partial charge >= 0.3 is 5.97 Å². The molecule has 0 aliphatic carbocycles. The quantitative estimate of drug-likeness (QED) is 0.562. The Morgan fingerprint density at radius 2 is 2.31 bits per heavy atom. The Labute approximate surface area is 75.4 Å². The predicted molar refractivity (Wildman–Crippen MR) is 43.7 cm³/mol. The second-order valence-electron chi connectivity index (χ2n) is 2.47. The summed E-state index contributed by atoms with van der Waals surface area (Å²) >= 11 is 0. The highest BCUT2D eigenvalue weighted by molar-refractivity contribution is 5.86. The van der Waals surface area contributed by atoms with Crippen LogP contribution in [0.4, 0.5) is 0 Å². The van der Waals surface area contributed by atoms with Crippen LogP contribution in [-0.2, 0) is 9.57 Å². The molecule has 0 saturated heterocycles. The van der Waals surface area contributed by atoms with Crippen molar-refractivity contribution < 1.29 is 18.8 Å². The lowest BCUT2D eigenvalue weighted by Gasteiger charge is -2.03. The van der Waals surface area contributed by atoms with E-state index in [0.717, 1.165) is 0 Å². The third-order valence-electron chi connectivity index (χ3n) is 1.62. The summed E-state index contributed by atoms with van der Waals surface area (Å²) in [5.74, 6) is 5.06. The van der Waals surface area contributed by atoms with E-state index in [1.807, 2.05) is 0 Å². The number of hydrogen-bond donors (Lipinski definition) is 1. The molecular weight excluding hydrogens is 174 g/mol. The maximum absolute atomic E-state index is 10.9. The van der Waals surface area contributed by atoms with Gasteiger partial charge in [0.1, 0.15) is 11.9 Å². The number of carbonyl (C=O) groups is 1. The number of hydrogen-bond acceptors (Lipinski definition) is 5. The van der Waals surface area contributed by atoms with Gasteiger partial charge in [-0.1, -0.05) is 0 Å². The minimum Gasteiger partial charge on any atom is -0.463 e. The van der Waals surface area contributed by atoms with E-state index in [4.69, 9.17) is 10.3 Å². The molecule has 13 heavy (non-hydrogen) atoms. The number of methoxy groups -OCH3 is 1. The maximum atomic E-state index is 10.9. The summed E-state index contributed by atoms with van der Waals surface area (Å²) in [5.41, 5.74) is 0. The molecule has 0 bridgehead atoms. The van der Waals surface area contributed by atoms with Gasteiger partial charge in [0.2, 0.25) is 5.76 Å². The molecular formula is C8H11NO4. The number of ether oxygens (including phenoxy) is 1. The molecule has 0 radical (unpaired) electrons. The Kier molecular flexibility index (Phi) is 3.05. The smallest absolute Gasteiger partial charge is 0.373 e. The molecule has 1 unspecified atom stereocenters. The minimum absolute atomic E-state index is 0.140. The van der Waals surface area contributed by atoms with Crippen molar-refractivity contribution in [3.63, 3.8) is 0 Å². The van der Waals surface area contributed by atoms with Crippen molar-refractivity contribution in [3.8, 4) is 0 Å². The van der Waals surface area contributed by atoms with Crippen LogP contribution in [0.5, 0.6) is 0 Å². The largest absolute Gasteiger partial charge is 0.463 e. The van der Waals surface area contributed by atoms with E-state index in [2.05, 4.69) is 9.57 Å². The molecule has 72 valence electrons. The van der Waals surface area contributed by atoms with Crippen LogP contribution in [0.3, 0.4) is 0 Å². The van der Waals surface area contributed by atoms with Crippen LogP contribution in [0.2, 0.25) is 0 Å². The Morgan fingerprint density at radius 3 is 2.85 bits per heavy atom. The lowest BCUT2D eigenvalue weighted by atomic mass is 10.3. The van der Waals surface area contributed by atoms with Gasteiger partial charge in [-0.3, -0.25) is 4.84 Å². The summed E-state index contributed by atoms with van der Waals surface area (Å²) in [4.78, 5) is 15.5. The molecule has 1 rings (SSSR count). The number of carbonyl (C=O) groups excluding carboxylic acids is 1. The van der Waals surface area contributed by atoms with Crippen molar-refractivity contribution in [1.82, 2.24) is 0 Å². The molecule has 0 aliphatic heterocycles. The van der Waals surface area contributed by atoms with Gasteiger partial charge in [0, 0.05) is 0 Å². The van der Waals surface area contributed by atoms with Crippen molar-refractivity contribution in [3.05, 3.63) is 23.7 Å². The van der Waals surface area contributed by atoms with Gasteiger partial charge in [0.15, 0.2) is 0 Å². The van der Waals surface area contributed by atoms with Crippen LogP contribution in [0.1, 0.15) is 29.3 Å². The molecule has 1 heterocycles. The highest BCUT2D eigenvalue weighted by Crippen LogP contribution is 2.18. The summed E-state index contributed by atoms with van der Waals surface area (Å²) < 4.78 is 9.57. The molecule has 5 nitrogen and oxygen atoms in total. The summed E-state index contributed by atoms with van der Waals surface area (Å²) in [6, 6.07) is 3.13. The van der Waals surface area contributed by atoms with Crippen LogP contribution in [-0.4, -0.2) is 13.1 Å². The van der Waals surface area contributed by atoms with E-state index in [0.29, 0.717) is 5.76 Å². The fraction of sp³-hybridized carbons (Fsp3) is 0.375. The van der Waals surface area contributed by atoms with Crippen LogP contribution in [0, 0.1) is 0 Å². The zero-order chi connectivity index (χ0) is 9.84. The molecule has 0 amide bonds. The Hall–Kier alpha value is -1.33. The van der Waals surface area contributed by atoms with Crippen molar-refractivity contribution >= 4 is 5.97 Å². The SMILES string of the molecule is COC(=O)c1ccc(C(C)ON)o1. The molecule has 1 aromatic heterocycles. The molecule has 1 atom stereocenters. The number of esters is 1. The van der Waals surface area contributed by atoms with E-state index < -0.39 is 5.97 Å². The average Bonchev–Trinajstić information content (AvgIpc) is 2.64. The molecule has 1 aromatic rings. The summed E-state index contributed by atoms with van der Waals surface area (Å²) in [6.07, 6.45) is -0.376. The van der Waals surface area contributed by atoms with Crippen molar-refractivity contribution in [1.29, 1.82) is 0 Å². The predicted octanol–water partition coefficient (Wildman–Crippen LogP) is 1.02. The Bertz CT molecular complexity index is 294. The number of rotatable bonds is 3. The second-order valence-corrected chi connectivity index (χ2v) is 2.47. The minimum atomic E-state index is -0.518. The normalized spacial score (nSPS) is 12.5. The Balaban J connectivity index is 2.80. The van der Waals surface area contributed by atoms with Gasteiger partial charge in [-0.15, -0.1) is 0 Å². The van der Waals surface area contributed by atoms with E-state index in [1.165, 1.54) is 13.2 Å². The van der Waals surface area contributed by atoms with E-state index in [-0.39, 0.29) is 11.9 Å². The first-order chi connectivity index (χ1) is 6.19. The molecule has 2 N–H and O–H groups in total. The lowest BCUT2D eigenvalue weighted by Crippen LogP contribution is -2.04. The van der Waals surface area contributed by atoms with Crippen molar-refractivity contribution in [2.75, 3.05) is 7.11 Å². The van der Waals surface area contributed by atoms with Crippen LogP contribution in [0.25, 0.3) is 0 Å². The molecule has 0 spiro atoms. The lowest BCUT2D eigenvalue weighted by molar-refractivity contribution is 0.0447. The number of furan rings is 1. The van der Waals surface area contributed by atoms with Crippen LogP contribution < -0.4 is 5.90 Å². The highest BCUT2D eigenvalue weighted by Gasteiger charge is 2.14. The van der Waals surface area contributed by atoms with Gasteiger partial charge < -0.3 is 9.15 Å². The van der Waals surface area contributed by atoms with Gasteiger partial charge in [0.05, 0.1) is 7.11 Å². The third-order valence-corrected chi connectivity index (χ3v) is 1.62. The van der Waals surface area contributed by atoms with E-state index >= 15 is 0 Å². The summed E-state index contributed by atoms with van der Waals surface area (Å²) in [7, 11) is 1.29. The standard InChI is InChI=1S/C8H11NO4/c1-5(13-9)6-3-4-7(12-6)8(10)11-2/h3-5H,9H2,1-2H3. The Morgan fingerprint density at radius 1 is 1.62 bits per heavy atom. The fourth-order valence-electron chi connectivity index (χ4n) is 0.849. The molecule has 5 heteroatoms. The van der Waals surface area contributed by atoms with Gasteiger partial charge in [-0.25, -0.2) is 10.7 Å². The monoisotopic (exact) mass is 185 g/mol. The van der Waals surface area contributed by atoms with Crippen LogP contribution in [0.15, 0.2) is 16.5 Å². The highest BCUT2D eigenvalue weighted by atomic mass is 16.6. The van der Waals surface area contributed by atoms with Crippen LogP contribution >= 0.6 is 0 Å². The molecule has 0 aliphatic rings. The summed E-state index contributed by atoms with van der Waals surface area (Å²) in [6.45, 7) is 1.71. The zero-order valence-electron chi connectivity index (χ0n) is 7.44. The molecule has 0 aromatic carbocycles. The van der Waals surface area contributed by atoms with Gasteiger partial charge in [-0.2, -0.15) is 0 Å². The van der Waals surface area contributed by atoms with E-state index in [9.17, 15) is 4.79 Å². The fourth-order valence-corrected chi connectivity index (χ4v) is 0.849. The maximum Gasteiger partial charge on any atom is 0.373 e. The first kappa shape index (κ1) is 9.76. The number of nitrogens with two attached hydrogens (primary N) is 1. The van der Waals surface area contributed by atoms with E-state index in [1.54, 1.807) is 13.0 Å². The summed E-state index contributed by atoms with van der Waals surface area (Å²) in [5, 5.41) is 0. The topological polar surface area (TPSA) is 74.7 Å². The van der Waals surface area contributed by atoms with Gasteiger partial charge in [0.25, 0.3) is 0 Å². The zero-order valence-corrected chi connectivity index (χ0v) is 7.44. The average molecular weight is 185 g/mol. The van der Waals surface area contributed by atoms with Crippen molar-refractivity contribution in [2.24, 2.45) is 5.90 Å². The third kappa shape index (κ3) is 2.07. The first-order valence-corrected chi connectivity index (χ1v) is 3.72. The molecule has 0 fully saturated rings.